The Hall–Kier alpha value is -3.80. The van der Waals surface area contributed by atoms with Crippen molar-refractivity contribution in [2.24, 2.45) is 0 Å². The summed E-state index contributed by atoms with van der Waals surface area (Å²) in [6, 6.07) is 28.3. The predicted molar refractivity (Wildman–Crippen MR) is 151 cm³/mol. The Morgan fingerprint density at radius 1 is 0.973 bits per heavy atom. The van der Waals surface area contributed by atoms with Gasteiger partial charge in [-0.1, -0.05) is 79.2 Å². The summed E-state index contributed by atoms with van der Waals surface area (Å²) in [6.07, 6.45) is -0.418. The first kappa shape index (κ1) is 24.9. The molecule has 3 N–H and O–H groups in total. The number of anilines is 2. The van der Waals surface area contributed by atoms with Crippen molar-refractivity contribution in [2.45, 2.75) is 32.0 Å². The number of carbonyl (C=O) groups is 1. The van der Waals surface area contributed by atoms with Gasteiger partial charge in [-0.15, -0.1) is 0 Å². The third-order valence-corrected chi connectivity index (χ3v) is 7.08. The quantitative estimate of drug-likeness (QED) is 0.234. The number of Topliss-reactive ketones (excluding diaryl/α,β-unsaturated/α-hetero) is 1. The molecule has 6 heteroatoms. The summed E-state index contributed by atoms with van der Waals surface area (Å²) >= 11 is 6.15. The monoisotopic (exact) mass is 512 g/mol. The minimum atomic E-state index is -1.23. The Morgan fingerprint density at radius 3 is 2.46 bits per heavy atom. The Kier molecular flexibility index (Phi) is 7.17. The van der Waals surface area contributed by atoms with E-state index in [4.69, 9.17) is 11.6 Å². The van der Waals surface area contributed by atoms with E-state index in [0.717, 1.165) is 28.4 Å². The van der Waals surface area contributed by atoms with Gasteiger partial charge >= 0.3 is 0 Å². The fourth-order valence-electron chi connectivity index (χ4n) is 5.02. The number of aliphatic hydroxyl groups excluding tert-OH is 2. The van der Waals surface area contributed by atoms with E-state index in [1.807, 2.05) is 79.7 Å². The summed E-state index contributed by atoms with van der Waals surface area (Å²) in [5.74, 6) is -0.492. The predicted octanol–water partition coefficient (Wildman–Crippen LogP) is 7.12. The highest BCUT2D eigenvalue weighted by Gasteiger charge is 2.36. The maximum atomic E-state index is 13.8. The minimum absolute atomic E-state index is 0.0193. The van der Waals surface area contributed by atoms with Crippen molar-refractivity contribution in [1.29, 1.82) is 0 Å². The summed E-state index contributed by atoms with van der Waals surface area (Å²) in [6.45, 7) is 2.57. The number of fused-ring (bicyclic) bond motifs is 2. The Morgan fingerprint density at radius 2 is 1.68 bits per heavy atom. The molecule has 2 atom stereocenters. The van der Waals surface area contributed by atoms with Crippen molar-refractivity contribution in [3.63, 3.8) is 0 Å². The molecule has 5 nitrogen and oxygen atoms in total. The summed E-state index contributed by atoms with van der Waals surface area (Å²) < 4.78 is 0. The molecule has 0 bridgehead atoms. The highest BCUT2D eigenvalue weighted by atomic mass is 35.5. The average Bonchev–Trinajstić information content (AvgIpc) is 2.91. The van der Waals surface area contributed by atoms with Crippen LogP contribution in [0.1, 0.15) is 36.9 Å². The number of nitrogens with one attached hydrogen (secondary N) is 1. The first-order chi connectivity index (χ1) is 18.0. The topological polar surface area (TPSA) is 72.8 Å². The second kappa shape index (κ2) is 10.7. The highest BCUT2D eigenvalue weighted by molar-refractivity contribution is 6.30. The zero-order chi connectivity index (χ0) is 25.9. The number of aliphatic hydroxyl groups is 2. The van der Waals surface area contributed by atoms with Crippen LogP contribution >= 0.6 is 11.6 Å². The zero-order valence-corrected chi connectivity index (χ0v) is 21.3. The number of ketones is 1. The summed E-state index contributed by atoms with van der Waals surface area (Å²) in [5, 5.41) is 28.7. The van der Waals surface area contributed by atoms with Crippen LogP contribution < -0.4 is 10.2 Å². The molecule has 4 aromatic carbocycles. The van der Waals surface area contributed by atoms with Crippen molar-refractivity contribution < 1.29 is 15.0 Å². The SMILES string of the molecule is CCCN1c2ccccc2C(O)=C(C(=O)CC(Nc2cccc3ccccc23)c2ccc(Cl)cc2)C1O. The molecule has 0 aromatic heterocycles. The summed E-state index contributed by atoms with van der Waals surface area (Å²) in [5.41, 5.74) is 3.06. The average molecular weight is 513 g/mol. The summed E-state index contributed by atoms with van der Waals surface area (Å²) in [7, 11) is 0. The molecule has 0 fully saturated rings. The van der Waals surface area contributed by atoms with E-state index in [1.165, 1.54) is 0 Å². The van der Waals surface area contributed by atoms with Gasteiger partial charge in [0.05, 0.1) is 11.6 Å². The molecule has 1 aliphatic rings. The van der Waals surface area contributed by atoms with Crippen LogP contribution in [0.3, 0.4) is 0 Å². The molecule has 0 amide bonds. The number of carbonyl (C=O) groups excluding carboxylic acids is 1. The van der Waals surface area contributed by atoms with E-state index in [2.05, 4.69) is 5.32 Å². The number of nitrogens with zero attached hydrogens (tertiary/aromatic N) is 1. The maximum absolute atomic E-state index is 13.8. The van der Waals surface area contributed by atoms with Crippen LogP contribution in [0.4, 0.5) is 11.4 Å². The van der Waals surface area contributed by atoms with Gasteiger partial charge in [0.25, 0.3) is 0 Å². The van der Waals surface area contributed by atoms with Crippen LogP contribution in [0.15, 0.2) is 96.6 Å². The van der Waals surface area contributed by atoms with Crippen LogP contribution in [0.2, 0.25) is 5.02 Å². The molecular formula is C31H29ClN2O3. The van der Waals surface area contributed by atoms with Gasteiger partial charge in [-0.2, -0.15) is 0 Å². The molecule has 0 spiro atoms. The minimum Gasteiger partial charge on any atom is -0.507 e. The molecular weight excluding hydrogens is 484 g/mol. The van der Waals surface area contributed by atoms with Gasteiger partial charge < -0.3 is 20.4 Å². The normalized spacial score (nSPS) is 16.0. The smallest absolute Gasteiger partial charge is 0.169 e. The van der Waals surface area contributed by atoms with Gasteiger partial charge in [-0.25, -0.2) is 0 Å². The molecule has 4 aromatic rings. The van der Waals surface area contributed by atoms with E-state index >= 15 is 0 Å². The van der Waals surface area contributed by atoms with Crippen LogP contribution in [-0.4, -0.2) is 28.8 Å². The fourth-order valence-corrected chi connectivity index (χ4v) is 5.15. The van der Waals surface area contributed by atoms with Gasteiger partial charge in [0.15, 0.2) is 12.0 Å². The van der Waals surface area contributed by atoms with Gasteiger partial charge in [0, 0.05) is 40.3 Å². The lowest BCUT2D eigenvalue weighted by molar-refractivity contribution is -0.116. The first-order valence-corrected chi connectivity index (χ1v) is 12.9. The van der Waals surface area contributed by atoms with Gasteiger partial charge in [-0.3, -0.25) is 4.79 Å². The van der Waals surface area contributed by atoms with Gasteiger partial charge in [-0.05, 0) is 47.7 Å². The second-order valence-corrected chi connectivity index (χ2v) is 9.69. The lowest BCUT2D eigenvalue weighted by Gasteiger charge is -2.36. The lowest BCUT2D eigenvalue weighted by atomic mass is 9.91. The first-order valence-electron chi connectivity index (χ1n) is 12.5. The number of rotatable bonds is 8. The third-order valence-electron chi connectivity index (χ3n) is 6.82. The molecule has 0 saturated carbocycles. The Bertz CT molecular complexity index is 1460. The number of para-hydroxylation sites is 1. The molecule has 5 rings (SSSR count). The molecule has 2 unspecified atom stereocenters. The third kappa shape index (κ3) is 4.93. The molecule has 188 valence electrons. The van der Waals surface area contributed by atoms with Crippen molar-refractivity contribution in [3.8, 4) is 0 Å². The molecule has 0 radical (unpaired) electrons. The molecule has 0 aliphatic carbocycles. The van der Waals surface area contributed by atoms with E-state index in [0.29, 0.717) is 22.8 Å². The highest BCUT2D eigenvalue weighted by Crippen LogP contribution is 2.38. The number of hydrogen-bond donors (Lipinski definition) is 3. The number of benzene rings is 4. The number of halogens is 1. The molecule has 1 aliphatic heterocycles. The van der Waals surface area contributed by atoms with Crippen molar-refractivity contribution in [2.75, 3.05) is 16.8 Å². The molecule has 0 saturated heterocycles. The van der Waals surface area contributed by atoms with E-state index in [1.54, 1.807) is 23.1 Å². The summed E-state index contributed by atoms with van der Waals surface area (Å²) in [4.78, 5) is 15.6. The second-order valence-electron chi connectivity index (χ2n) is 9.25. The van der Waals surface area contributed by atoms with Crippen LogP contribution in [0.25, 0.3) is 16.5 Å². The zero-order valence-electron chi connectivity index (χ0n) is 20.6. The molecule has 1 heterocycles. The lowest BCUT2D eigenvalue weighted by Crippen LogP contribution is -2.43. The van der Waals surface area contributed by atoms with Crippen LogP contribution in [-0.2, 0) is 4.79 Å². The van der Waals surface area contributed by atoms with Crippen LogP contribution in [0, 0.1) is 0 Å². The fraction of sp³-hybridized carbons (Fsp3) is 0.194. The van der Waals surface area contributed by atoms with E-state index in [9.17, 15) is 15.0 Å². The molecule has 37 heavy (non-hydrogen) atoms. The van der Waals surface area contributed by atoms with Crippen molar-refractivity contribution >= 4 is 45.3 Å². The van der Waals surface area contributed by atoms with E-state index < -0.39 is 12.3 Å². The number of hydrogen-bond acceptors (Lipinski definition) is 5. The van der Waals surface area contributed by atoms with Crippen molar-refractivity contribution in [3.05, 3.63) is 113 Å². The van der Waals surface area contributed by atoms with Crippen molar-refractivity contribution in [1.82, 2.24) is 0 Å². The Labute approximate surface area is 221 Å². The van der Waals surface area contributed by atoms with Gasteiger partial charge in [0.2, 0.25) is 0 Å². The Balaban J connectivity index is 1.53. The standard InChI is InChI=1S/C31H29ClN2O3/c1-2-18-34-27-13-6-5-11-24(27)30(36)29(31(34)37)28(35)19-26(21-14-16-22(32)17-15-21)33-25-12-7-9-20-8-3-4-10-23(20)25/h3-17,26,31,33,36-37H,2,18-19H2,1H3. The largest absolute Gasteiger partial charge is 0.507 e. The van der Waals surface area contributed by atoms with Gasteiger partial charge in [0.1, 0.15) is 5.76 Å². The maximum Gasteiger partial charge on any atom is 0.169 e. The van der Waals surface area contributed by atoms with Crippen LogP contribution in [0.5, 0.6) is 0 Å². The van der Waals surface area contributed by atoms with E-state index in [-0.39, 0.29) is 23.5 Å².